The first kappa shape index (κ1) is 13.0. The van der Waals surface area contributed by atoms with E-state index in [1.54, 1.807) is 12.1 Å². The molecule has 2 aromatic carbocycles. The minimum absolute atomic E-state index is 0.287. The van der Waals surface area contributed by atoms with Crippen LogP contribution in [0.15, 0.2) is 42.5 Å². The van der Waals surface area contributed by atoms with Gasteiger partial charge in [-0.2, -0.15) is 0 Å². The minimum atomic E-state index is 0.287. The summed E-state index contributed by atoms with van der Waals surface area (Å²) in [6.07, 6.45) is 4.74. The van der Waals surface area contributed by atoms with Crippen LogP contribution in [-0.2, 0) is 12.8 Å². The number of rotatable bonds is 4. The molecule has 0 bridgehead atoms. The van der Waals surface area contributed by atoms with E-state index in [1.807, 2.05) is 12.1 Å². The molecule has 2 N–H and O–H groups in total. The predicted octanol–water partition coefficient (Wildman–Crippen LogP) is 4.44. The second kappa shape index (κ2) is 5.58. The number of phenolic OH excluding ortho intramolecular Hbond substituents is 1. The molecule has 1 atom stereocenters. The van der Waals surface area contributed by atoms with Gasteiger partial charge in [0.25, 0.3) is 0 Å². The molecule has 0 heterocycles. The fraction of sp³-hybridized carbons (Fsp3) is 0.333. The van der Waals surface area contributed by atoms with Gasteiger partial charge in [-0.15, -0.1) is 0 Å². The highest BCUT2D eigenvalue weighted by Crippen LogP contribution is 2.28. The van der Waals surface area contributed by atoms with E-state index < -0.39 is 0 Å². The van der Waals surface area contributed by atoms with Gasteiger partial charge in [0.1, 0.15) is 5.75 Å². The standard InChI is InChI=1S/C18H21NO/c1-2-18(14-7-10-17(20)11-8-14)19-16-9-6-13-4-3-5-15(13)12-16/h6-12,18-20H,2-5H2,1H3. The number of aromatic hydroxyl groups is 1. The number of hydrogen-bond acceptors (Lipinski definition) is 2. The monoisotopic (exact) mass is 267 g/mol. The smallest absolute Gasteiger partial charge is 0.115 e. The zero-order chi connectivity index (χ0) is 13.9. The van der Waals surface area contributed by atoms with Crippen LogP contribution in [-0.4, -0.2) is 5.11 Å². The molecular formula is C18H21NO. The number of benzene rings is 2. The molecule has 20 heavy (non-hydrogen) atoms. The molecule has 1 aliphatic carbocycles. The number of aryl methyl sites for hydroxylation is 2. The number of phenols is 1. The molecule has 0 aromatic heterocycles. The van der Waals surface area contributed by atoms with Crippen molar-refractivity contribution >= 4 is 5.69 Å². The largest absolute Gasteiger partial charge is 0.508 e. The summed E-state index contributed by atoms with van der Waals surface area (Å²) in [5, 5.41) is 13.0. The highest BCUT2D eigenvalue weighted by atomic mass is 16.3. The van der Waals surface area contributed by atoms with Crippen LogP contribution in [0.1, 0.15) is 42.5 Å². The summed E-state index contributed by atoms with van der Waals surface area (Å²) < 4.78 is 0. The highest BCUT2D eigenvalue weighted by molar-refractivity contribution is 5.51. The normalized spacial score (nSPS) is 14.8. The number of hydrogen-bond donors (Lipinski definition) is 2. The third-order valence-corrected chi connectivity index (χ3v) is 4.14. The Kier molecular flexibility index (Phi) is 3.64. The lowest BCUT2D eigenvalue weighted by Crippen LogP contribution is -2.09. The minimum Gasteiger partial charge on any atom is -0.508 e. The summed E-state index contributed by atoms with van der Waals surface area (Å²) in [7, 11) is 0. The molecule has 3 rings (SSSR count). The molecule has 1 unspecified atom stereocenters. The predicted molar refractivity (Wildman–Crippen MR) is 83.2 cm³/mol. The quantitative estimate of drug-likeness (QED) is 0.858. The fourth-order valence-corrected chi connectivity index (χ4v) is 2.99. The van der Waals surface area contributed by atoms with Crippen LogP contribution >= 0.6 is 0 Å². The molecule has 104 valence electrons. The van der Waals surface area contributed by atoms with Crippen LogP contribution in [0, 0.1) is 0 Å². The Hall–Kier alpha value is -1.96. The van der Waals surface area contributed by atoms with Gasteiger partial charge in [0.15, 0.2) is 0 Å². The van der Waals surface area contributed by atoms with Crippen molar-refractivity contribution in [1.82, 2.24) is 0 Å². The Morgan fingerprint density at radius 1 is 1.05 bits per heavy atom. The van der Waals surface area contributed by atoms with Gasteiger partial charge in [-0.05, 0) is 66.6 Å². The third-order valence-electron chi connectivity index (χ3n) is 4.14. The maximum atomic E-state index is 9.39. The summed E-state index contributed by atoms with van der Waals surface area (Å²) in [5.41, 5.74) is 5.42. The maximum absolute atomic E-state index is 9.39. The van der Waals surface area contributed by atoms with E-state index in [9.17, 15) is 5.11 Å². The first-order valence-electron chi connectivity index (χ1n) is 7.43. The third kappa shape index (κ3) is 2.64. The molecule has 0 spiro atoms. The van der Waals surface area contributed by atoms with Crippen molar-refractivity contribution in [3.05, 3.63) is 59.2 Å². The molecule has 2 heteroatoms. The molecule has 0 fully saturated rings. The van der Waals surface area contributed by atoms with Crippen molar-refractivity contribution in [2.24, 2.45) is 0 Å². The van der Waals surface area contributed by atoms with Crippen molar-refractivity contribution in [1.29, 1.82) is 0 Å². The molecule has 2 nitrogen and oxygen atoms in total. The van der Waals surface area contributed by atoms with Crippen molar-refractivity contribution in [2.75, 3.05) is 5.32 Å². The van der Waals surface area contributed by atoms with E-state index in [1.165, 1.54) is 41.6 Å². The Morgan fingerprint density at radius 3 is 2.55 bits per heavy atom. The van der Waals surface area contributed by atoms with Gasteiger partial charge in [-0.1, -0.05) is 25.1 Å². The Balaban J connectivity index is 1.79. The average Bonchev–Trinajstić information content (AvgIpc) is 2.93. The fourth-order valence-electron chi connectivity index (χ4n) is 2.99. The zero-order valence-electron chi connectivity index (χ0n) is 11.9. The van der Waals surface area contributed by atoms with Crippen molar-refractivity contribution < 1.29 is 5.11 Å². The topological polar surface area (TPSA) is 32.3 Å². The van der Waals surface area contributed by atoms with Gasteiger partial charge in [-0.3, -0.25) is 0 Å². The van der Waals surface area contributed by atoms with Crippen molar-refractivity contribution in [3.63, 3.8) is 0 Å². The van der Waals surface area contributed by atoms with E-state index in [0.29, 0.717) is 5.75 Å². The van der Waals surface area contributed by atoms with E-state index in [-0.39, 0.29) is 6.04 Å². The maximum Gasteiger partial charge on any atom is 0.115 e. The molecule has 2 aromatic rings. The lowest BCUT2D eigenvalue weighted by Gasteiger charge is -2.19. The molecule has 0 amide bonds. The molecule has 0 radical (unpaired) electrons. The Bertz CT molecular complexity index is 589. The zero-order valence-corrected chi connectivity index (χ0v) is 11.9. The van der Waals surface area contributed by atoms with Crippen LogP contribution in [0.25, 0.3) is 0 Å². The highest BCUT2D eigenvalue weighted by Gasteiger charge is 2.13. The number of anilines is 1. The van der Waals surface area contributed by atoms with E-state index in [2.05, 4.69) is 30.4 Å². The second-order valence-electron chi connectivity index (χ2n) is 5.53. The first-order chi connectivity index (χ1) is 9.76. The summed E-state index contributed by atoms with van der Waals surface area (Å²) in [6.45, 7) is 2.18. The summed E-state index contributed by atoms with van der Waals surface area (Å²) in [6, 6.07) is 14.5. The summed E-state index contributed by atoms with van der Waals surface area (Å²) in [5.74, 6) is 0.320. The van der Waals surface area contributed by atoms with Gasteiger partial charge in [0.05, 0.1) is 6.04 Å². The first-order valence-corrected chi connectivity index (χ1v) is 7.43. The summed E-state index contributed by atoms with van der Waals surface area (Å²) in [4.78, 5) is 0. The van der Waals surface area contributed by atoms with Gasteiger partial charge in [0, 0.05) is 5.69 Å². The Morgan fingerprint density at radius 2 is 1.80 bits per heavy atom. The van der Waals surface area contributed by atoms with Crippen LogP contribution in [0.3, 0.4) is 0 Å². The molecular weight excluding hydrogens is 246 g/mol. The lowest BCUT2D eigenvalue weighted by molar-refractivity contribution is 0.475. The van der Waals surface area contributed by atoms with Crippen LogP contribution in [0.4, 0.5) is 5.69 Å². The lowest BCUT2D eigenvalue weighted by atomic mass is 10.0. The average molecular weight is 267 g/mol. The van der Waals surface area contributed by atoms with Crippen molar-refractivity contribution in [3.8, 4) is 5.75 Å². The van der Waals surface area contributed by atoms with Gasteiger partial charge in [0.2, 0.25) is 0 Å². The van der Waals surface area contributed by atoms with E-state index >= 15 is 0 Å². The molecule has 0 saturated heterocycles. The second-order valence-corrected chi connectivity index (χ2v) is 5.53. The number of fused-ring (bicyclic) bond motifs is 1. The van der Waals surface area contributed by atoms with Crippen molar-refractivity contribution in [2.45, 2.75) is 38.6 Å². The number of nitrogens with one attached hydrogen (secondary N) is 1. The Labute approximate surface area is 120 Å². The van der Waals surface area contributed by atoms with E-state index in [0.717, 1.165) is 6.42 Å². The van der Waals surface area contributed by atoms with Crippen LogP contribution < -0.4 is 5.32 Å². The summed E-state index contributed by atoms with van der Waals surface area (Å²) >= 11 is 0. The molecule has 1 aliphatic rings. The van der Waals surface area contributed by atoms with Crippen LogP contribution in [0.2, 0.25) is 0 Å². The van der Waals surface area contributed by atoms with Gasteiger partial charge >= 0.3 is 0 Å². The molecule has 0 aliphatic heterocycles. The molecule has 0 saturated carbocycles. The van der Waals surface area contributed by atoms with Gasteiger partial charge < -0.3 is 10.4 Å². The van der Waals surface area contributed by atoms with Crippen LogP contribution in [0.5, 0.6) is 5.75 Å². The van der Waals surface area contributed by atoms with E-state index in [4.69, 9.17) is 0 Å². The SMILES string of the molecule is CCC(Nc1ccc2c(c1)CCC2)c1ccc(O)cc1. The van der Waals surface area contributed by atoms with Gasteiger partial charge in [-0.25, -0.2) is 0 Å².